The van der Waals surface area contributed by atoms with Crippen LogP contribution >= 0.6 is 11.6 Å². The van der Waals surface area contributed by atoms with E-state index >= 15 is 0 Å². The number of nitrogens with zero attached hydrogens (tertiary/aromatic N) is 4. The third kappa shape index (κ3) is 7.43. The van der Waals surface area contributed by atoms with Crippen LogP contribution in [0.15, 0.2) is 76.7 Å². The monoisotopic (exact) mass is 574 g/mol. The van der Waals surface area contributed by atoms with E-state index in [0.29, 0.717) is 28.6 Å². The second kappa shape index (κ2) is 13.5. The number of hydrogen-bond acceptors (Lipinski definition) is 6. The highest BCUT2D eigenvalue weighted by atomic mass is 35.5. The van der Waals surface area contributed by atoms with Crippen molar-refractivity contribution in [3.05, 3.63) is 94.0 Å². The van der Waals surface area contributed by atoms with E-state index in [2.05, 4.69) is 20.6 Å². The van der Waals surface area contributed by atoms with Crippen LogP contribution < -0.4 is 10.6 Å². The summed E-state index contributed by atoms with van der Waals surface area (Å²) in [6.07, 6.45) is 0. The maximum absolute atomic E-state index is 12.9. The fourth-order valence-electron chi connectivity index (χ4n) is 3.89. The molecule has 0 aliphatic carbocycles. The highest BCUT2D eigenvalue weighted by Gasteiger charge is 2.17. The molecule has 0 unspecified atom stereocenters. The first-order chi connectivity index (χ1) is 19.5. The number of aliphatic imine (C=N–C) groups is 2. The lowest BCUT2D eigenvalue weighted by molar-refractivity contribution is -0.125. The molecule has 2 N–H and O–H groups in total. The molecule has 10 nitrogen and oxygen atoms in total. The van der Waals surface area contributed by atoms with E-state index in [-0.39, 0.29) is 28.0 Å². The molecule has 0 saturated carbocycles. The predicted molar refractivity (Wildman–Crippen MR) is 162 cm³/mol. The van der Waals surface area contributed by atoms with Gasteiger partial charge in [-0.05, 0) is 66.7 Å². The van der Waals surface area contributed by atoms with Gasteiger partial charge in [0.1, 0.15) is 11.7 Å². The Morgan fingerprint density at radius 1 is 0.634 bits per heavy atom. The molecule has 0 bridgehead atoms. The van der Waals surface area contributed by atoms with Gasteiger partial charge < -0.3 is 20.4 Å². The van der Waals surface area contributed by atoms with Crippen LogP contribution in [0.3, 0.4) is 0 Å². The number of carbonyl (C=O) groups excluding carboxylic acids is 4. The molecule has 0 aliphatic heterocycles. The van der Waals surface area contributed by atoms with Gasteiger partial charge in [0.25, 0.3) is 11.8 Å². The summed E-state index contributed by atoms with van der Waals surface area (Å²) >= 11 is 6.37. The summed E-state index contributed by atoms with van der Waals surface area (Å²) in [7, 11) is 6.47. The SMILES string of the molecule is CN=C(c1ccc(NC(=O)c2ccc(C(=O)Nc3ccc(C(=NC)N(C)C(C)=O)cc3)c(Cl)c2)cc1)N(C)C(C)=O. The van der Waals surface area contributed by atoms with E-state index in [1.165, 1.54) is 41.8 Å². The van der Waals surface area contributed by atoms with Crippen molar-refractivity contribution in [3.8, 4) is 0 Å². The van der Waals surface area contributed by atoms with Crippen molar-refractivity contribution in [1.29, 1.82) is 0 Å². The first-order valence-corrected chi connectivity index (χ1v) is 12.9. The zero-order valence-corrected chi connectivity index (χ0v) is 24.4. The number of amides is 4. The number of halogens is 1. The van der Waals surface area contributed by atoms with Gasteiger partial charge in [-0.3, -0.25) is 29.2 Å². The predicted octanol–water partition coefficient (Wildman–Crippen LogP) is 4.55. The fraction of sp³-hybridized carbons (Fsp3) is 0.200. The van der Waals surface area contributed by atoms with Crippen molar-refractivity contribution in [1.82, 2.24) is 9.80 Å². The number of nitrogens with one attached hydrogen (secondary N) is 2. The highest BCUT2D eigenvalue weighted by molar-refractivity contribution is 6.35. The maximum atomic E-state index is 12.9. The van der Waals surface area contributed by atoms with Crippen LogP contribution in [0.5, 0.6) is 0 Å². The first kappa shape index (κ1) is 30.7. The molecule has 3 aromatic carbocycles. The zero-order chi connectivity index (χ0) is 30.3. The Hall–Kier alpha value is -4.83. The molecule has 11 heteroatoms. The van der Waals surface area contributed by atoms with Crippen molar-refractivity contribution in [2.24, 2.45) is 9.98 Å². The van der Waals surface area contributed by atoms with Crippen molar-refractivity contribution < 1.29 is 19.2 Å². The molecule has 4 amide bonds. The molecule has 41 heavy (non-hydrogen) atoms. The van der Waals surface area contributed by atoms with Crippen LogP contribution in [0.1, 0.15) is 45.7 Å². The van der Waals surface area contributed by atoms with Gasteiger partial charge in [-0.2, -0.15) is 0 Å². The Labute approximate surface area is 243 Å². The molecule has 0 saturated heterocycles. The number of amidine groups is 2. The number of rotatable bonds is 6. The van der Waals surface area contributed by atoms with Gasteiger partial charge in [0, 0.05) is 70.1 Å². The smallest absolute Gasteiger partial charge is 0.257 e. The second-order valence-corrected chi connectivity index (χ2v) is 9.42. The number of carbonyl (C=O) groups is 4. The van der Waals surface area contributed by atoms with Gasteiger partial charge in [0.15, 0.2) is 0 Å². The minimum absolute atomic E-state index is 0.113. The van der Waals surface area contributed by atoms with Crippen molar-refractivity contribution in [2.75, 3.05) is 38.8 Å². The van der Waals surface area contributed by atoms with E-state index in [1.807, 2.05) is 0 Å². The minimum Gasteiger partial charge on any atom is -0.322 e. The molecule has 0 spiro atoms. The van der Waals surface area contributed by atoms with Crippen LogP contribution in [-0.2, 0) is 9.59 Å². The van der Waals surface area contributed by atoms with Gasteiger partial charge in [0.2, 0.25) is 11.8 Å². The normalized spacial score (nSPS) is 11.5. The average molecular weight is 575 g/mol. The van der Waals surface area contributed by atoms with E-state index < -0.39 is 11.8 Å². The van der Waals surface area contributed by atoms with Crippen molar-refractivity contribution in [2.45, 2.75) is 13.8 Å². The Morgan fingerprint density at radius 3 is 1.39 bits per heavy atom. The number of anilines is 2. The summed E-state index contributed by atoms with van der Waals surface area (Å²) in [5, 5.41) is 5.68. The topological polar surface area (TPSA) is 124 Å². The van der Waals surface area contributed by atoms with Gasteiger partial charge in [-0.1, -0.05) is 11.6 Å². The summed E-state index contributed by atoms with van der Waals surface area (Å²) in [5.41, 5.74) is 2.96. The van der Waals surface area contributed by atoms with Gasteiger partial charge >= 0.3 is 0 Å². The van der Waals surface area contributed by atoms with E-state index in [9.17, 15) is 19.2 Å². The zero-order valence-electron chi connectivity index (χ0n) is 23.7. The summed E-state index contributed by atoms with van der Waals surface area (Å²) in [4.78, 5) is 60.3. The number of hydrogen-bond donors (Lipinski definition) is 2. The molecular weight excluding hydrogens is 544 g/mol. The van der Waals surface area contributed by atoms with E-state index in [1.54, 1.807) is 76.7 Å². The lowest BCUT2D eigenvalue weighted by Gasteiger charge is -2.18. The van der Waals surface area contributed by atoms with Gasteiger partial charge in [-0.15, -0.1) is 0 Å². The molecule has 212 valence electrons. The third-order valence-corrected chi connectivity index (χ3v) is 6.59. The lowest BCUT2D eigenvalue weighted by Crippen LogP contribution is -2.31. The number of benzene rings is 3. The Balaban J connectivity index is 1.68. The van der Waals surface area contributed by atoms with Crippen LogP contribution in [0.25, 0.3) is 0 Å². The molecular formula is C30H31ClN6O4. The lowest BCUT2D eigenvalue weighted by atomic mass is 10.1. The molecule has 0 aliphatic rings. The molecule has 0 radical (unpaired) electrons. The maximum Gasteiger partial charge on any atom is 0.257 e. The quantitative estimate of drug-likeness (QED) is 0.331. The fourth-order valence-corrected chi connectivity index (χ4v) is 4.16. The van der Waals surface area contributed by atoms with E-state index in [0.717, 1.165) is 5.56 Å². The van der Waals surface area contributed by atoms with Gasteiger partial charge in [-0.25, -0.2) is 0 Å². The standard InChI is InChI=1S/C30H31ClN6O4/c1-18(38)36(5)27(32-3)20-7-12-23(13-8-20)34-29(40)22-11-16-25(26(31)17-22)30(41)35-24-14-9-21(10-15-24)28(33-4)37(6)19(2)39/h7-17H,1-6H3,(H,34,40)(H,35,41). The Kier molecular flexibility index (Phi) is 10.1. The van der Waals surface area contributed by atoms with Crippen LogP contribution in [0.2, 0.25) is 5.02 Å². The van der Waals surface area contributed by atoms with Gasteiger partial charge in [0.05, 0.1) is 10.6 Å². The summed E-state index contributed by atoms with van der Waals surface area (Å²) in [6, 6.07) is 18.2. The molecule has 0 fully saturated rings. The molecule has 3 aromatic rings. The van der Waals surface area contributed by atoms with Crippen molar-refractivity contribution in [3.63, 3.8) is 0 Å². The van der Waals surface area contributed by atoms with Crippen LogP contribution in [-0.4, -0.2) is 73.3 Å². The largest absolute Gasteiger partial charge is 0.322 e. The highest BCUT2D eigenvalue weighted by Crippen LogP contribution is 2.22. The minimum atomic E-state index is -0.445. The molecule has 0 atom stereocenters. The molecule has 0 aromatic heterocycles. The molecule has 3 rings (SSSR count). The summed E-state index contributed by atoms with van der Waals surface area (Å²) in [6.45, 7) is 2.90. The Morgan fingerprint density at radius 2 is 1.02 bits per heavy atom. The van der Waals surface area contributed by atoms with Crippen molar-refractivity contribution >= 4 is 58.3 Å². The first-order valence-electron chi connectivity index (χ1n) is 12.5. The summed E-state index contributed by atoms with van der Waals surface area (Å²) in [5.74, 6) is -0.140. The van der Waals surface area contributed by atoms with E-state index in [4.69, 9.17) is 11.6 Å². The molecule has 0 heterocycles. The average Bonchev–Trinajstić information content (AvgIpc) is 2.95. The van der Waals surface area contributed by atoms with Crippen LogP contribution in [0, 0.1) is 0 Å². The van der Waals surface area contributed by atoms with Crippen LogP contribution in [0.4, 0.5) is 11.4 Å². The Bertz CT molecular complexity index is 1530. The third-order valence-electron chi connectivity index (χ3n) is 6.28. The summed E-state index contributed by atoms with van der Waals surface area (Å²) < 4.78 is 0. The second-order valence-electron chi connectivity index (χ2n) is 9.01.